The van der Waals surface area contributed by atoms with Crippen LogP contribution in [0.5, 0.6) is 5.75 Å². The van der Waals surface area contributed by atoms with Crippen molar-refractivity contribution in [3.8, 4) is 28.7 Å². The van der Waals surface area contributed by atoms with Crippen LogP contribution in [-0.2, 0) is 0 Å². The molecule has 25 heavy (non-hydrogen) atoms. The molecule has 0 bridgehead atoms. The first-order valence-electron chi connectivity index (χ1n) is 7.79. The highest BCUT2D eigenvalue weighted by atomic mass is 19.2. The minimum Gasteiger partial charge on any atom is -0.495 e. The molecule has 0 saturated carbocycles. The largest absolute Gasteiger partial charge is 0.495 e. The summed E-state index contributed by atoms with van der Waals surface area (Å²) in [6.45, 7) is 2.05. The Labute approximate surface area is 145 Å². The van der Waals surface area contributed by atoms with Crippen LogP contribution in [0.15, 0.2) is 60.7 Å². The molecule has 0 radical (unpaired) electrons. The van der Waals surface area contributed by atoms with Crippen molar-refractivity contribution in [2.45, 2.75) is 6.92 Å². The molecule has 0 unspecified atom stereocenters. The van der Waals surface area contributed by atoms with E-state index in [2.05, 4.69) is 43.0 Å². The Morgan fingerprint density at radius 2 is 1.32 bits per heavy atom. The molecular formula is C22H16F2O. The Balaban J connectivity index is 1.87. The van der Waals surface area contributed by atoms with Crippen LogP contribution in [0.3, 0.4) is 0 Å². The van der Waals surface area contributed by atoms with Crippen molar-refractivity contribution in [2.24, 2.45) is 0 Å². The standard InChI is InChI=1S/C22H16F2O/c1-15-3-8-17(9-4-15)18-10-5-16(6-11-18)7-12-19-13-20(23)21(24)14-22(19)25-2/h3-6,8-11,13-14H,1-2H3. The first kappa shape index (κ1) is 16.7. The number of methoxy groups -OCH3 is 1. The number of ether oxygens (including phenoxy) is 1. The van der Waals surface area contributed by atoms with E-state index in [1.807, 2.05) is 24.3 Å². The van der Waals surface area contributed by atoms with E-state index in [0.29, 0.717) is 5.56 Å². The fourth-order valence-corrected chi connectivity index (χ4v) is 2.43. The number of benzene rings is 3. The smallest absolute Gasteiger partial charge is 0.162 e. The number of rotatable bonds is 2. The van der Waals surface area contributed by atoms with Gasteiger partial charge in [-0.2, -0.15) is 0 Å². The molecule has 0 fully saturated rings. The van der Waals surface area contributed by atoms with Crippen LogP contribution in [0, 0.1) is 30.4 Å². The van der Waals surface area contributed by atoms with Gasteiger partial charge in [-0.25, -0.2) is 8.78 Å². The zero-order chi connectivity index (χ0) is 17.8. The number of hydrogen-bond donors (Lipinski definition) is 0. The molecule has 0 N–H and O–H groups in total. The lowest BCUT2D eigenvalue weighted by Crippen LogP contribution is -1.93. The van der Waals surface area contributed by atoms with Crippen LogP contribution in [0.25, 0.3) is 11.1 Å². The zero-order valence-electron chi connectivity index (χ0n) is 13.9. The van der Waals surface area contributed by atoms with Crippen LogP contribution in [0.1, 0.15) is 16.7 Å². The summed E-state index contributed by atoms with van der Waals surface area (Å²) in [6, 6.07) is 18.1. The molecule has 0 saturated heterocycles. The fourth-order valence-electron chi connectivity index (χ4n) is 2.43. The van der Waals surface area contributed by atoms with Gasteiger partial charge in [0.05, 0.1) is 12.7 Å². The second kappa shape index (κ2) is 7.19. The van der Waals surface area contributed by atoms with Crippen LogP contribution in [0.2, 0.25) is 0 Å². The molecule has 3 rings (SSSR count). The summed E-state index contributed by atoms with van der Waals surface area (Å²) in [5.41, 5.74) is 4.53. The van der Waals surface area contributed by atoms with Crippen molar-refractivity contribution >= 4 is 0 Å². The summed E-state index contributed by atoms with van der Waals surface area (Å²) in [6.07, 6.45) is 0. The van der Waals surface area contributed by atoms with Gasteiger partial charge in [-0.3, -0.25) is 0 Å². The second-order valence-corrected chi connectivity index (χ2v) is 5.66. The molecule has 3 heteroatoms. The van der Waals surface area contributed by atoms with Crippen molar-refractivity contribution < 1.29 is 13.5 Å². The molecule has 0 aliphatic carbocycles. The molecule has 0 spiro atoms. The number of halogens is 2. The second-order valence-electron chi connectivity index (χ2n) is 5.66. The number of aryl methyl sites for hydroxylation is 1. The molecule has 3 aromatic carbocycles. The molecule has 0 heterocycles. The van der Waals surface area contributed by atoms with E-state index in [4.69, 9.17) is 4.74 Å². The van der Waals surface area contributed by atoms with Gasteiger partial charge in [-0.1, -0.05) is 53.8 Å². The highest BCUT2D eigenvalue weighted by Gasteiger charge is 2.08. The third-order valence-corrected chi connectivity index (χ3v) is 3.85. The summed E-state index contributed by atoms with van der Waals surface area (Å²) >= 11 is 0. The van der Waals surface area contributed by atoms with Gasteiger partial charge < -0.3 is 4.74 Å². The van der Waals surface area contributed by atoms with Crippen LogP contribution in [0.4, 0.5) is 8.78 Å². The first-order chi connectivity index (χ1) is 12.1. The van der Waals surface area contributed by atoms with E-state index in [9.17, 15) is 8.78 Å². The molecule has 0 aliphatic heterocycles. The van der Waals surface area contributed by atoms with E-state index >= 15 is 0 Å². The lowest BCUT2D eigenvalue weighted by Gasteiger charge is -2.04. The van der Waals surface area contributed by atoms with E-state index in [1.54, 1.807) is 0 Å². The molecule has 124 valence electrons. The summed E-state index contributed by atoms with van der Waals surface area (Å²) in [5, 5.41) is 0. The lowest BCUT2D eigenvalue weighted by molar-refractivity contribution is 0.405. The molecule has 0 atom stereocenters. The van der Waals surface area contributed by atoms with Gasteiger partial charge in [0, 0.05) is 11.6 Å². The Bertz CT molecular complexity index is 946. The molecular weight excluding hydrogens is 318 g/mol. The lowest BCUT2D eigenvalue weighted by atomic mass is 10.0. The highest BCUT2D eigenvalue weighted by molar-refractivity contribution is 5.65. The Morgan fingerprint density at radius 1 is 0.760 bits per heavy atom. The first-order valence-corrected chi connectivity index (χ1v) is 7.79. The minimum atomic E-state index is -0.954. The minimum absolute atomic E-state index is 0.211. The maximum Gasteiger partial charge on any atom is 0.162 e. The predicted octanol–water partition coefficient (Wildman–Crippen LogP) is 5.35. The molecule has 3 aromatic rings. The quantitative estimate of drug-likeness (QED) is 0.574. The van der Waals surface area contributed by atoms with Gasteiger partial charge in [0.15, 0.2) is 11.6 Å². The van der Waals surface area contributed by atoms with Crippen LogP contribution < -0.4 is 4.74 Å². The van der Waals surface area contributed by atoms with Gasteiger partial charge in [0.1, 0.15) is 5.75 Å². The summed E-state index contributed by atoms with van der Waals surface area (Å²) in [4.78, 5) is 0. The van der Waals surface area contributed by atoms with Gasteiger partial charge in [-0.05, 0) is 36.2 Å². The van der Waals surface area contributed by atoms with E-state index in [1.165, 1.54) is 12.7 Å². The van der Waals surface area contributed by atoms with Gasteiger partial charge in [0.2, 0.25) is 0 Å². The van der Waals surface area contributed by atoms with Crippen molar-refractivity contribution in [1.82, 2.24) is 0 Å². The van der Waals surface area contributed by atoms with Gasteiger partial charge in [-0.15, -0.1) is 0 Å². The van der Waals surface area contributed by atoms with Crippen molar-refractivity contribution in [3.63, 3.8) is 0 Å². The molecule has 0 aliphatic rings. The number of hydrogen-bond acceptors (Lipinski definition) is 1. The highest BCUT2D eigenvalue weighted by Crippen LogP contribution is 2.22. The SMILES string of the molecule is COc1cc(F)c(F)cc1C#Cc1ccc(-c2ccc(C)cc2)cc1. The van der Waals surface area contributed by atoms with E-state index < -0.39 is 11.6 Å². The van der Waals surface area contributed by atoms with E-state index in [0.717, 1.165) is 28.8 Å². The van der Waals surface area contributed by atoms with Crippen LogP contribution >= 0.6 is 0 Å². The molecule has 0 aromatic heterocycles. The molecule has 1 nitrogen and oxygen atoms in total. The van der Waals surface area contributed by atoms with Crippen molar-refractivity contribution in [1.29, 1.82) is 0 Å². The maximum atomic E-state index is 13.4. The summed E-state index contributed by atoms with van der Waals surface area (Å²) in [5.74, 6) is 4.10. The van der Waals surface area contributed by atoms with E-state index in [-0.39, 0.29) is 5.75 Å². The average Bonchev–Trinajstić information content (AvgIpc) is 2.63. The monoisotopic (exact) mass is 334 g/mol. The predicted molar refractivity (Wildman–Crippen MR) is 95.5 cm³/mol. The Kier molecular flexibility index (Phi) is 4.81. The topological polar surface area (TPSA) is 9.23 Å². The zero-order valence-corrected chi connectivity index (χ0v) is 13.9. The third-order valence-electron chi connectivity index (χ3n) is 3.85. The van der Waals surface area contributed by atoms with Gasteiger partial charge in [0.25, 0.3) is 0 Å². The average molecular weight is 334 g/mol. The Hall–Kier alpha value is -3.12. The molecule has 0 amide bonds. The third kappa shape index (κ3) is 3.87. The maximum absolute atomic E-state index is 13.4. The Morgan fingerprint density at radius 3 is 1.92 bits per heavy atom. The fraction of sp³-hybridized carbons (Fsp3) is 0.0909. The summed E-state index contributed by atoms with van der Waals surface area (Å²) in [7, 11) is 1.40. The normalized spacial score (nSPS) is 10.1. The van der Waals surface area contributed by atoms with Crippen molar-refractivity contribution in [2.75, 3.05) is 7.11 Å². The van der Waals surface area contributed by atoms with Crippen LogP contribution in [-0.4, -0.2) is 7.11 Å². The van der Waals surface area contributed by atoms with Crippen molar-refractivity contribution in [3.05, 3.63) is 89.0 Å². The summed E-state index contributed by atoms with van der Waals surface area (Å²) < 4.78 is 31.7. The van der Waals surface area contributed by atoms with Gasteiger partial charge >= 0.3 is 0 Å².